The highest BCUT2D eigenvalue weighted by Gasteiger charge is 2.27. The van der Waals surface area contributed by atoms with Crippen LogP contribution in [0.5, 0.6) is 5.75 Å². The monoisotopic (exact) mass is 335 g/mol. The van der Waals surface area contributed by atoms with Crippen molar-refractivity contribution in [2.45, 2.75) is 26.4 Å². The molecule has 0 unspecified atom stereocenters. The summed E-state index contributed by atoms with van der Waals surface area (Å²) in [5, 5.41) is 2.84. The summed E-state index contributed by atoms with van der Waals surface area (Å²) in [6, 6.07) is 6.97. The van der Waals surface area contributed by atoms with Gasteiger partial charge in [-0.05, 0) is 45.0 Å². The average Bonchev–Trinajstić information content (AvgIpc) is 2.54. The van der Waals surface area contributed by atoms with Gasteiger partial charge >= 0.3 is 12.1 Å². The molecule has 0 spiro atoms. The van der Waals surface area contributed by atoms with Gasteiger partial charge in [-0.25, -0.2) is 9.59 Å². The third kappa shape index (κ3) is 5.04. The number of nitrogens with one attached hydrogen (secondary N) is 1. The Kier molecular flexibility index (Phi) is 5.54. The van der Waals surface area contributed by atoms with E-state index in [1.807, 2.05) is 20.8 Å². The number of hydrogen-bond donors (Lipinski definition) is 1. The van der Waals surface area contributed by atoms with Crippen LogP contribution in [0.2, 0.25) is 0 Å². The van der Waals surface area contributed by atoms with Crippen molar-refractivity contribution in [1.29, 1.82) is 0 Å². The zero-order valence-electron chi connectivity index (χ0n) is 14.7. The van der Waals surface area contributed by atoms with Gasteiger partial charge in [-0.2, -0.15) is 0 Å². The van der Waals surface area contributed by atoms with Crippen LogP contribution in [0.3, 0.4) is 0 Å². The number of nitrogens with zero attached hydrogens (tertiary/aromatic N) is 2. The molecule has 1 aliphatic rings. The highest BCUT2D eigenvalue weighted by molar-refractivity contribution is 5.89. The van der Waals surface area contributed by atoms with Crippen LogP contribution in [0.25, 0.3) is 0 Å². The number of rotatable bonds is 2. The minimum Gasteiger partial charge on any atom is -0.497 e. The van der Waals surface area contributed by atoms with Crippen LogP contribution >= 0.6 is 0 Å². The molecule has 0 bridgehead atoms. The molecule has 1 fully saturated rings. The largest absolute Gasteiger partial charge is 0.497 e. The van der Waals surface area contributed by atoms with Crippen LogP contribution < -0.4 is 10.1 Å². The Morgan fingerprint density at radius 2 is 1.54 bits per heavy atom. The second-order valence-corrected chi connectivity index (χ2v) is 6.61. The summed E-state index contributed by atoms with van der Waals surface area (Å²) < 4.78 is 10.4. The maximum Gasteiger partial charge on any atom is 0.410 e. The van der Waals surface area contributed by atoms with Gasteiger partial charge in [-0.15, -0.1) is 0 Å². The van der Waals surface area contributed by atoms with Crippen molar-refractivity contribution < 1.29 is 19.1 Å². The molecule has 0 saturated carbocycles. The smallest absolute Gasteiger partial charge is 0.410 e. The van der Waals surface area contributed by atoms with Crippen molar-refractivity contribution in [3.8, 4) is 5.75 Å². The lowest BCUT2D eigenvalue weighted by Gasteiger charge is -2.35. The first-order valence-electron chi connectivity index (χ1n) is 7.96. The zero-order valence-corrected chi connectivity index (χ0v) is 14.7. The molecule has 7 nitrogen and oxygen atoms in total. The number of carbonyl (C=O) groups excluding carboxylic acids is 2. The first kappa shape index (κ1) is 17.9. The molecule has 0 aromatic heterocycles. The normalized spacial score (nSPS) is 15.0. The maximum absolute atomic E-state index is 12.3. The Bertz CT molecular complexity index is 572. The molecule has 2 rings (SSSR count). The molecule has 0 aliphatic carbocycles. The van der Waals surface area contributed by atoms with E-state index in [-0.39, 0.29) is 12.1 Å². The number of methoxy groups -OCH3 is 1. The molecule has 0 radical (unpaired) electrons. The molecule has 132 valence electrons. The molecule has 24 heavy (non-hydrogen) atoms. The molecule has 3 amide bonds. The first-order chi connectivity index (χ1) is 11.3. The van der Waals surface area contributed by atoms with E-state index in [4.69, 9.17) is 9.47 Å². The number of benzene rings is 1. The Hall–Kier alpha value is -2.44. The Balaban J connectivity index is 1.82. The highest BCUT2D eigenvalue weighted by atomic mass is 16.6. The van der Waals surface area contributed by atoms with E-state index >= 15 is 0 Å². The van der Waals surface area contributed by atoms with Gasteiger partial charge in [0.1, 0.15) is 11.4 Å². The third-order valence-electron chi connectivity index (χ3n) is 3.56. The molecular formula is C17H25N3O4. The summed E-state index contributed by atoms with van der Waals surface area (Å²) in [7, 11) is 1.59. The van der Waals surface area contributed by atoms with Crippen molar-refractivity contribution >= 4 is 17.8 Å². The van der Waals surface area contributed by atoms with E-state index in [1.165, 1.54) is 0 Å². The summed E-state index contributed by atoms with van der Waals surface area (Å²) in [5.74, 6) is 0.735. The van der Waals surface area contributed by atoms with Gasteiger partial charge in [-0.1, -0.05) is 0 Å². The summed E-state index contributed by atoms with van der Waals surface area (Å²) in [5.41, 5.74) is 0.190. The predicted octanol–water partition coefficient (Wildman–Crippen LogP) is 2.78. The van der Waals surface area contributed by atoms with Crippen molar-refractivity contribution in [3.63, 3.8) is 0 Å². The summed E-state index contributed by atoms with van der Waals surface area (Å²) in [6.45, 7) is 7.38. The lowest BCUT2D eigenvalue weighted by atomic mass is 10.2. The van der Waals surface area contributed by atoms with E-state index in [0.717, 1.165) is 5.75 Å². The van der Waals surface area contributed by atoms with Crippen LogP contribution in [0.15, 0.2) is 24.3 Å². The Morgan fingerprint density at radius 3 is 2.04 bits per heavy atom. The molecule has 1 aromatic rings. The maximum atomic E-state index is 12.3. The Morgan fingerprint density at radius 1 is 1.00 bits per heavy atom. The van der Waals surface area contributed by atoms with E-state index in [9.17, 15) is 9.59 Å². The minimum absolute atomic E-state index is 0.177. The molecule has 0 atom stereocenters. The fraction of sp³-hybridized carbons (Fsp3) is 0.529. The van der Waals surface area contributed by atoms with Crippen molar-refractivity contribution in [3.05, 3.63) is 24.3 Å². The van der Waals surface area contributed by atoms with Crippen molar-refractivity contribution in [2.24, 2.45) is 0 Å². The van der Waals surface area contributed by atoms with Gasteiger partial charge in [0.15, 0.2) is 0 Å². The van der Waals surface area contributed by atoms with Gasteiger partial charge < -0.3 is 24.6 Å². The van der Waals surface area contributed by atoms with Crippen LogP contribution in [0.4, 0.5) is 15.3 Å². The molecule has 7 heteroatoms. The van der Waals surface area contributed by atoms with Crippen LogP contribution in [0, 0.1) is 0 Å². The quantitative estimate of drug-likeness (QED) is 0.902. The predicted molar refractivity (Wildman–Crippen MR) is 91.4 cm³/mol. The number of piperazine rings is 1. The van der Waals surface area contributed by atoms with E-state index < -0.39 is 5.60 Å². The van der Waals surface area contributed by atoms with Crippen molar-refractivity contribution in [1.82, 2.24) is 9.80 Å². The van der Waals surface area contributed by atoms with E-state index in [0.29, 0.717) is 31.9 Å². The SMILES string of the molecule is COc1ccc(NC(=O)N2CCN(C(=O)OC(C)(C)C)CC2)cc1. The molecule has 1 heterocycles. The van der Waals surface area contributed by atoms with Crippen LogP contribution in [-0.4, -0.2) is 60.8 Å². The van der Waals surface area contributed by atoms with Crippen LogP contribution in [0.1, 0.15) is 20.8 Å². The number of hydrogen-bond acceptors (Lipinski definition) is 4. The number of carbonyl (C=O) groups is 2. The molecule has 1 saturated heterocycles. The summed E-state index contributed by atoms with van der Waals surface area (Å²) in [4.78, 5) is 27.6. The van der Waals surface area contributed by atoms with Crippen molar-refractivity contribution in [2.75, 3.05) is 38.6 Å². The molecule has 1 aliphatic heterocycles. The van der Waals surface area contributed by atoms with E-state index in [2.05, 4.69) is 5.32 Å². The second-order valence-electron chi connectivity index (χ2n) is 6.61. The fourth-order valence-electron chi connectivity index (χ4n) is 2.30. The molecule has 1 aromatic carbocycles. The lowest BCUT2D eigenvalue weighted by molar-refractivity contribution is 0.0174. The first-order valence-corrected chi connectivity index (χ1v) is 7.96. The van der Waals surface area contributed by atoms with Gasteiger partial charge in [0.2, 0.25) is 0 Å². The minimum atomic E-state index is -0.514. The summed E-state index contributed by atoms with van der Waals surface area (Å²) in [6.07, 6.45) is -0.335. The number of urea groups is 1. The second kappa shape index (κ2) is 7.42. The number of ether oxygens (including phenoxy) is 2. The molecule has 1 N–H and O–H groups in total. The lowest BCUT2D eigenvalue weighted by Crippen LogP contribution is -2.52. The van der Waals surface area contributed by atoms with E-state index in [1.54, 1.807) is 41.2 Å². The summed E-state index contributed by atoms with van der Waals surface area (Å²) >= 11 is 0. The standard InChI is InChI=1S/C17H25N3O4/c1-17(2,3)24-16(22)20-11-9-19(10-12-20)15(21)18-13-5-7-14(23-4)8-6-13/h5-8H,9-12H2,1-4H3,(H,18,21). The highest BCUT2D eigenvalue weighted by Crippen LogP contribution is 2.16. The van der Waals surface area contributed by atoms with Gasteiger partial charge in [0.25, 0.3) is 0 Å². The zero-order chi connectivity index (χ0) is 17.7. The number of anilines is 1. The van der Waals surface area contributed by atoms with Gasteiger partial charge in [0, 0.05) is 31.9 Å². The van der Waals surface area contributed by atoms with Crippen LogP contribution in [-0.2, 0) is 4.74 Å². The fourth-order valence-corrected chi connectivity index (χ4v) is 2.30. The van der Waals surface area contributed by atoms with Gasteiger partial charge in [0.05, 0.1) is 7.11 Å². The molecular weight excluding hydrogens is 310 g/mol. The number of amides is 3. The average molecular weight is 335 g/mol. The Labute approximate surface area is 142 Å². The topological polar surface area (TPSA) is 71.1 Å². The van der Waals surface area contributed by atoms with Gasteiger partial charge in [-0.3, -0.25) is 0 Å². The third-order valence-corrected chi connectivity index (χ3v) is 3.56.